The molecule has 7 heteroatoms. The van der Waals surface area contributed by atoms with E-state index in [0.29, 0.717) is 24.6 Å². The quantitative estimate of drug-likeness (QED) is 0.223. The number of carbonyl (C=O) groups excluding carboxylic acids is 2. The molecular formula is C29H44ClNO5. The second-order valence-electron chi connectivity index (χ2n) is 12.3. The van der Waals surface area contributed by atoms with Crippen molar-refractivity contribution in [1.29, 1.82) is 0 Å². The van der Waals surface area contributed by atoms with E-state index in [1.54, 1.807) is 0 Å². The lowest BCUT2D eigenvalue weighted by molar-refractivity contribution is -0.154. The number of nitrogens with one attached hydrogen (secondary N) is 1. The van der Waals surface area contributed by atoms with Crippen molar-refractivity contribution in [3.8, 4) is 11.5 Å². The van der Waals surface area contributed by atoms with Crippen molar-refractivity contribution in [1.82, 2.24) is 5.32 Å². The van der Waals surface area contributed by atoms with Gasteiger partial charge in [-0.15, -0.1) is 11.6 Å². The number of hydrogen-bond donors (Lipinski definition) is 2. The molecule has 2 N–H and O–H groups in total. The lowest BCUT2D eigenvalue weighted by atomic mass is 9.64. The maximum absolute atomic E-state index is 12.0. The zero-order valence-electron chi connectivity index (χ0n) is 22.8. The molecule has 1 amide bonds. The molecular weight excluding hydrogens is 478 g/mol. The van der Waals surface area contributed by atoms with E-state index < -0.39 is 5.60 Å². The Balaban J connectivity index is 1.46. The van der Waals surface area contributed by atoms with Gasteiger partial charge in [0, 0.05) is 29.3 Å². The molecule has 1 aliphatic heterocycles. The number of amides is 1. The van der Waals surface area contributed by atoms with E-state index in [-0.39, 0.29) is 34.7 Å². The predicted octanol–water partition coefficient (Wildman–Crippen LogP) is 6.40. The number of benzene rings is 1. The standard InChI is InChI=1S/C29H44ClNO5/c1-27(2,3)36-25(34)13-15-31-24(33)11-9-7-8-10-19-16-22(32)26-20-18-29(6,30)14-12-21(20)28(4,5)35-23(26)17-19/h16-17,20-21,32H,7-15,18H2,1-6H3,(H,31,33)/t20-,21-,29?/m1/s1. The fraction of sp³-hybridized carbons (Fsp3) is 0.724. The lowest BCUT2D eigenvalue weighted by Crippen LogP contribution is -2.48. The second kappa shape index (κ2) is 11.2. The Hall–Kier alpha value is -1.95. The Bertz CT molecular complexity index is 950. The largest absolute Gasteiger partial charge is 0.508 e. The van der Waals surface area contributed by atoms with E-state index in [1.165, 1.54) is 0 Å². The van der Waals surface area contributed by atoms with Gasteiger partial charge in [-0.2, -0.15) is 0 Å². The number of halogens is 1. The first-order valence-corrected chi connectivity index (χ1v) is 13.8. The third kappa shape index (κ3) is 7.77. The highest BCUT2D eigenvalue weighted by atomic mass is 35.5. The zero-order valence-corrected chi connectivity index (χ0v) is 23.6. The lowest BCUT2D eigenvalue weighted by Gasteiger charge is -2.50. The van der Waals surface area contributed by atoms with E-state index in [9.17, 15) is 14.7 Å². The average Bonchev–Trinajstić information content (AvgIpc) is 2.70. The molecule has 3 rings (SSSR count). The first kappa shape index (κ1) is 28.6. The number of rotatable bonds is 9. The van der Waals surface area contributed by atoms with Crippen molar-refractivity contribution in [3.05, 3.63) is 23.3 Å². The molecule has 6 nitrogen and oxygen atoms in total. The molecule has 0 bridgehead atoms. The van der Waals surface area contributed by atoms with E-state index >= 15 is 0 Å². The molecule has 202 valence electrons. The average molecular weight is 522 g/mol. The van der Waals surface area contributed by atoms with E-state index in [2.05, 4.69) is 32.2 Å². The van der Waals surface area contributed by atoms with Gasteiger partial charge in [-0.1, -0.05) is 6.42 Å². The molecule has 0 radical (unpaired) electrons. The van der Waals surface area contributed by atoms with Gasteiger partial charge >= 0.3 is 5.97 Å². The fourth-order valence-corrected chi connectivity index (χ4v) is 5.98. The van der Waals surface area contributed by atoms with Crippen LogP contribution in [0.2, 0.25) is 0 Å². The Morgan fingerprint density at radius 1 is 1.17 bits per heavy atom. The van der Waals surface area contributed by atoms with Crippen LogP contribution in [0, 0.1) is 5.92 Å². The number of phenols is 1. The number of phenolic OH excluding ortho intramolecular Hbond substituents is 1. The van der Waals surface area contributed by atoms with Crippen molar-refractivity contribution in [3.63, 3.8) is 0 Å². The minimum atomic E-state index is -0.512. The fourth-order valence-electron chi connectivity index (χ4n) is 5.70. The van der Waals surface area contributed by atoms with E-state index in [4.69, 9.17) is 21.1 Å². The summed E-state index contributed by atoms with van der Waals surface area (Å²) in [7, 11) is 0. The van der Waals surface area contributed by atoms with Gasteiger partial charge in [-0.05, 0) is 104 Å². The normalized spacial score (nSPS) is 24.8. The van der Waals surface area contributed by atoms with Crippen LogP contribution in [0.4, 0.5) is 0 Å². The second-order valence-corrected chi connectivity index (χ2v) is 13.3. The highest BCUT2D eigenvalue weighted by Gasteiger charge is 2.50. The zero-order chi connectivity index (χ0) is 26.7. The van der Waals surface area contributed by atoms with Crippen molar-refractivity contribution in [2.24, 2.45) is 5.92 Å². The minimum absolute atomic E-state index is 0.0473. The molecule has 1 aliphatic carbocycles. The van der Waals surface area contributed by atoms with Crippen LogP contribution in [0.25, 0.3) is 0 Å². The van der Waals surface area contributed by atoms with Gasteiger partial charge in [0.05, 0.1) is 6.42 Å². The molecule has 0 aromatic heterocycles. The minimum Gasteiger partial charge on any atom is -0.508 e. The summed E-state index contributed by atoms with van der Waals surface area (Å²) in [6, 6.07) is 3.96. The number of alkyl halides is 1. The maximum Gasteiger partial charge on any atom is 0.308 e. The van der Waals surface area contributed by atoms with E-state index in [1.807, 2.05) is 26.8 Å². The topological polar surface area (TPSA) is 84.9 Å². The third-order valence-corrected chi connectivity index (χ3v) is 7.71. The van der Waals surface area contributed by atoms with Crippen LogP contribution in [-0.2, 0) is 20.7 Å². The molecule has 1 unspecified atom stereocenters. The first-order chi connectivity index (χ1) is 16.7. The molecule has 2 aliphatic rings. The van der Waals surface area contributed by atoms with Gasteiger partial charge in [-0.25, -0.2) is 0 Å². The van der Waals surface area contributed by atoms with Gasteiger partial charge in [0.1, 0.15) is 22.7 Å². The van der Waals surface area contributed by atoms with Crippen molar-refractivity contribution in [2.45, 2.75) is 121 Å². The summed E-state index contributed by atoms with van der Waals surface area (Å²) in [5, 5.41) is 13.8. The third-order valence-electron chi connectivity index (χ3n) is 7.37. The van der Waals surface area contributed by atoms with Gasteiger partial charge in [0.15, 0.2) is 0 Å². The van der Waals surface area contributed by atoms with Crippen molar-refractivity contribution in [2.75, 3.05) is 6.54 Å². The van der Waals surface area contributed by atoms with Crippen LogP contribution >= 0.6 is 11.6 Å². The molecule has 1 aromatic rings. The monoisotopic (exact) mass is 521 g/mol. The molecule has 0 spiro atoms. The van der Waals surface area contributed by atoms with Crippen LogP contribution in [0.1, 0.15) is 110 Å². The summed E-state index contributed by atoms with van der Waals surface area (Å²) < 4.78 is 11.7. The van der Waals surface area contributed by atoms with E-state index in [0.717, 1.165) is 61.8 Å². The number of aromatic hydroxyl groups is 1. The number of carbonyl (C=O) groups is 2. The predicted molar refractivity (Wildman–Crippen MR) is 143 cm³/mol. The van der Waals surface area contributed by atoms with Crippen LogP contribution < -0.4 is 10.1 Å². The first-order valence-electron chi connectivity index (χ1n) is 13.4. The summed E-state index contributed by atoms with van der Waals surface area (Å²) in [6.07, 6.45) is 6.80. The summed E-state index contributed by atoms with van der Waals surface area (Å²) in [5.74, 6) is 1.28. The van der Waals surface area contributed by atoms with Gasteiger partial charge in [-0.3, -0.25) is 9.59 Å². The van der Waals surface area contributed by atoms with Crippen molar-refractivity contribution < 1.29 is 24.2 Å². The summed E-state index contributed by atoms with van der Waals surface area (Å²) in [6.45, 7) is 12.2. The Kier molecular flexibility index (Phi) is 8.91. The number of aryl methyl sites for hydroxylation is 1. The maximum atomic E-state index is 12.0. The SMILES string of the molecule is CC1(Cl)CC[C@@H]2[C@@H](C1)c1c(O)cc(CCCCCC(=O)NCCC(=O)OC(C)(C)C)cc1OC2(C)C. The number of unbranched alkanes of at least 4 members (excludes halogenated alkanes) is 2. The van der Waals surface area contributed by atoms with Gasteiger partial charge in [0.2, 0.25) is 5.91 Å². The molecule has 0 saturated heterocycles. The molecule has 1 saturated carbocycles. The number of hydrogen-bond acceptors (Lipinski definition) is 5. The van der Waals surface area contributed by atoms with Crippen LogP contribution in [0.5, 0.6) is 11.5 Å². The number of esters is 1. The Morgan fingerprint density at radius 3 is 2.58 bits per heavy atom. The van der Waals surface area contributed by atoms with Crippen LogP contribution in [0.15, 0.2) is 12.1 Å². The molecule has 36 heavy (non-hydrogen) atoms. The molecule has 1 fully saturated rings. The summed E-state index contributed by atoms with van der Waals surface area (Å²) in [4.78, 5) is 23.5. The highest BCUT2D eigenvalue weighted by Crippen LogP contribution is 2.57. The van der Waals surface area contributed by atoms with Crippen molar-refractivity contribution >= 4 is 23.5 Å². The van der Waals surface area contributed by atoms with Gasteiger partial charge in [0.25, 0.3) is 0 Å². The summed E-state index contributed by atoms with van der Waals surface area (Å²) in [5.41, 5.74) is 1.15. The molecule has 1 aromatic carbocycles. The molecule has 3 atom stereocenters. The van der Waals surface area contributed by atoms with Gasteiger partial charge < -0.3 is 19.9 Å². The smallest absolute Gasteiger partial charge is 0.308 e. The highest BCUT2D eigenvalue weighted by molar-refractivity contribution is 6.23. The number of fused-ring (bicyclic) bond motifs is 3. The molecule has 1 heterocycles. The summed E-state index contributed by atoms with van der Waals surface area (Å²) >= 11 is 6.75. The number of ether oxygens (including phenoxy) is 2. The van der Waals surface area contributed by atoms with Crippen LogP contribution in [0.3, 0.4) is 0 Å². The van der Waals surface area contributed by atoms with Crippen LogP contribution in [-0.4, -0.2) is 39.6 Å². The Labute approximate surface area is 221 Å². The Morgan fingerprint density at radius 2 is 1.89 bits per heavy atom.